The van der Waals surface area contributed by atoms with Crippen LogP contribution in [0.1, 0.15) is 31.3 Å². The Morgan fingerprint density at radius 3 is 2.84 bits per heavy atom. The molecule has 102 valence electrons. The summed E-state index contributed by atoms with van der Waals surface area (Å²) in [6.07, 6.45) is 2.23. The van der Waals surface area contributed by atoms with Gasteiger partial charge < -0.3 is 5.32 Å². The highest BCUT2D eigenvalue weighted by atomic mass is 19.1. The highest BCUT2D eigenvalue weighted by Crippen LogP contribution is 2.07. The molecule has 0 fully saturated rings. The molecule has 4 nitrogen and oxygen atoms in total. The molecule has 0 bridgehead atoms. The van der Waals surface area contributed by atoms with Crippen molar-refractivity contribution in [2.45, 2.75) is 32.9 Å². The zero-order valence-electron chi connectivity index (χ0n) is 11.3. The molecule has 0 saturated carbocycles. The van der Waals surface area contributed by atoms with Gasteiger partial charge in [0.2, 0.25) is 0 Å². The molecule has 2 aromatic rings. The van der Waals surface area contributed by atoms with Gasteiger partial charge in [-0.2, -0.15) is 5.10 Å². The van der Waals surface area contributed by atoms with Gasteiger partial charge in [-0.15, -0.1) is 0 Å². The summed E-state index contributed by atoms with van der Waals surface area (Å²) in [6, 6.07) is 7.16. The van der Waals surface area contributed by atoms with Gasteiger partial charge in [-0.25, -0.2) is 14.1 Å². The SMILES string of the molecule is CC(C)n1ncnc1CNCCc1ccccc1F. The van der Waals surface area contributed by atoms with Crippen molar-refractivity contribution in [1.29, 1.82) is 0 Å². The first-order chi connectivity index (χ1) is 9.18. The fourth-order valence-electron chi connectivity index (χ4n) is 1.96. The Balaban J connectivity index is 1.81. The smallest absolute Gasteiger partial charge is 0.141 e. The molecule has 5 heteroatoms. The van der Waals surface area contributed by atoms with Crippen molar-refractivity contribution in [3.63, 3.8) is 0 Å². The second kappa shape index (κ2) is 6.43. The van der Waals surface area contributed by atoms with Crippen molar-refractivity contribution in [3.05, 3.63) is 47.8 Å². The van der Waals surface area contributed by atoms with E-state index in [4.69, 9.17) is 0 Å². The predicted octanol–water partition coefficient (Wildman–Crippen LogP) is 2.33. The average Bonchev–Trinajstić information content (AvgIpc) is 2.85. The van der Waals surface area contributed by atoms with E-state index in [0.717, 1.165) is 11.4 Å². The monoisotopic (exact) mass is 262 g/mol. The van der Waals surface area contributed by atoms with Crippen LogP contribution in [0.25, 0.3) is 0 Å². The third kappa shape index (κ3) is 3.61. The molecule has 1 aromatic carbocycles. The van der Waals surface area contributed by atoms with Crippen molar-refractivity contribution in [2.24, 2.45) is 0 Å². The second-order valence-electron chi connectivity index (χ2n) is 4.73. The molecule has 0 aliphatic rings. The maximum atomic E-state index is 13.4. The Morgan fingerprint density at radius 1 is 1.32 bits per heavy atom. The number of aromatic nitrogens is 3. The lowest BCUT2D eigenvalue weighted by molar-refractivity contribution is 0.490. The first-order valence-corrected chi connectivity index (χ1v) is 6.51. The molecule has 1 N–H and O–H groups in total. The number of hydrogen-bond donors (Lipinski definition) is 1. The molecule has 2 rings (SSSR count). The molecule has 0 radical (unpaired) electrons. The minimum absolute atomic E-state index is 0.144. The third-order valence-electron chi connectivity index (χ3n) is 2.95. The summed E-state index contributed by atoms with van der Waals surface area (Å²) in [4.78, 5) is 4.21. The number of benzene rings is 1. The molecule has 0 unspecified atom stereocenters. The zero-order valence-corrected chi connectivity index (χ0v) is 11.3. The topological polar surface area (TPSA) is 42.7 Å². The first kappa shape index (κ1) is 13.7. The van der Waals surface area contributed by atoms with Gasteiger partial charge in [-0.1, -0.05) is 18.2 Å². The van der Waals surface area contributed by atoms with E-state index in [9.17, 15) is 4.39 Å². The largest absolute Gasteiger partial charge is 0.310 e. The van der Waals surface area contributed by atoms with E-state index in [1.54, 1.807) is 12.4 Å². The molecule has 0 atom stereocenters. The van der Waals surface area contributed by atoms with Crippen LogP contribution in [0.2, 0.25) is 0 Å². The maximum absolute atomic E-state index is 13.4. The summed E-state index contributed by atoms with van der Waals surface area (Å²) in [5, 5.41) is 7.44. The molecule has 1 heterocycles. The third-order valence-corrected chi connectivity index (χ3v) is 2.95. The zero-order chi connectivity index (χ0) is 13.7. The molecule has 0 aliphatic heterocycles. The molecule has 19 heavy (non-hydrogen) atoms. The number of rotatable bonds is 6. The summed E-state index contributed by atoms with van der Waals surface area (Å²) < 4.78 is 15.3. The van der Waals surface area contributed by atoms with Gasteiger partial charge in [0.1, 0.15) is 18.0 Å². The maximum Gasteiger partial charge on any atom is 0.141 e. The minimum atomic E-state index is -0.144. The van der Waals surface area contributed by atoms with E-state index in [0.29, 0.717) is 25.6 Å². The van der Waals surface area contributed by atoms with E-state index in [1.165, 1.54) is 6.07 Å². The van der Waals surface area contributed by atoms with E-state index >= 15 is 0 Å². The van der Waals surface area contributed by atoms with E-state index in [1.807, 2.05) is 16.8 Å². The quantitative estimate of drug-likeness (QED) is 0.812. The van der Waals surface area contributed by atoms with Crippen LogP contribution >= 0.6 is 0 Å². The highest BCUT2D eigenvalue weighted by molar-refractivity contribution is 5.17. The van der Waals surface area contributed by atoms with Gasteiger partial charge >= 0.3 is 0 Å². The number of hydrogen-bond acceptors (Lipinski definition) is 3. The fourth-order valence-corrected chi connectivity index (χ4v) is 1.96. The van der Waals surface area contributed by atoms with Gasteiger partial charge in [-0.05, 0) is 38.4 Å². The number of nitrogens with zero attached hydrogens (tertiary/aromatic N) is 3. The minimum Gasteiger partial charge on any atom is -0.310 e. The van der Waals surface area contributed by atoms with Gasteiger partial charge in [-0.3, -0.25) is 0 Å². The van der Waals surface area contributed by atoms with E-state index in [-0.39, 0.29) is 5.82 Å². The highest BCUT2D eigenvalue weighted by Gasteiger charge is 2.06. The number of halogens is 1. The van der Waals surface area contributed by atoms with Crippen molar-refractivity contribution in [2.75, 3.05) is 6.54 Å². The lowest BCUT2D eigenvalue weighted by Crippen LogP contribution is -2.21. The van der Waals surface area contributed by atoms with Gasteiger partial charge in [0.05, 0.1) is 6.54 Å². The van der Waals surface area contributed by atoms with Crippen LogP contribution in [0, 0.1) is 5.82 Å². The van der Waals surface area contributed by atoms with Crippen LogP contribution in [-0.2, 0) is 13.0 Å². The van der Waals surface area contributed by atoms with Crippen LogP contribution in [-0.4, -0.2) is 21.3 Å². The Morgan fingerprint density at radius 2 is 2.11 bits per heavy atom. The Hall–Kier alpha value is -1.75. The van der Waals surface area contributed by atoms with E-state index in [2.05, 4.69) is 29.2 Å². The van der Waals surface area contributed by atoms with Crippen molar-refractivity contribution < 1.29 is 4.39 Å². The predicted molar refractivity (Wildman–Crippen MR) is 72.2 cm³/mol. The van der Waals surface area contributed by atoms with Crippen LogP contribution < -0.4 is 5.32 Å². The second-order valence-corrected chi connectivity index (χ2v) is 4.73. The summed E-state index contributed by atoms with van der Waals surface area (Å²) >= 11 is 0. The molecule has 0 saturated heterocycles. The molecular formula is C14H19FN4. The number of nitrogens with one attached hydrogen (secondary N) is 1. The summed E-state index contributed by atoms with van der Waals surface area (Å²) in [5.41, 5.74) is 0.736. The Bertz CT molecular complexity index is 522. The van der Waals surface area contributed by atoms with Crippen LogP contribution in [0.3, 0.4) is 0 Å². The van der Waals surface area contributed by atoms with E-state index < -0.39 is 0 Å². The summed E-state index contributed by atoms with van der Waals surface area (Å²) in [7, 11) is 0. The van der Waals surface area contributed by atoms with Gasteiger partial charge in [0, 0.05) is 6.04 Å². The Kier molecular flexibility index (Phi) is 4.63. The molecule has 1 aromatic heterocycles. The van der Waals surface area contributed by atoms with Crippen LogP contribution in [0.4, 0.5) is 4.39 Å². The van der Waals surface area contributed by atoms with Crippen molar-refractivity contribution in [1.82, 2.24) is 20.1 Å². The van der Waals surface area contributed by atoms with Crippen molar-refractivity contribution >= 4 is 0 Å². The summed E-state index contributed by atoms with van der Waals surface area (Å²) in [5.74, 6) is 0.762. The summed E-state index contributed by atoms with van der Waals surface area (Å²) in [6.45, 7) is 5.49. The van der Waals surface area contributed by atoms with Crippen LogP contribution in [0.5, 0.6) is 0 Å². The molecular weight excluding hydrogens is 243 g/mol. The normalized spacial score (nSPS) is 11.2. The lowest BCUT2D eigenvalue weighted by atomic mass is 10.1. The molecule has 0 amide bonds. The van der Waals surface area contributed by atoms with Gasteiger partial charge in [0.25, 0.3) is 0 Å². The fraction of sp³-hybridized carbons (Fsp3) is 0.429. The molecule has 0 aliphatic carbocycles. The van der Waals surface area contributed by atoms with Gasteiger partial charge in [0.15, 0.2) is 0 Å². The van der Waals surface area contributed by atoms with Crippen LogP contribution in [0.15, 0.2) is 30.6 Å². The average molecular weight is 262 g/mol. The first-order valence-electron chi connectivity index (χ1n) is 6.51. The lowest BCUT2D eigenvalue weighted by Gasteiger charge is -2.10. The molecule has 0 spiro atoms. The Labute approximate surface area is 112 Å². The standard InChI is InChI=1S/C14H19FN4/c1-11(2)19-14(17-10-18-19)9-16-8-7-12-5-3-4-6-13(12)15/h3-6,10-11,16H,7-9H2,1-2H3. The van der Waals surface area contributed by atoms with Crippen molar-refractivity contribution in [3.8, 4) is 0 Å².